The number of piperazine rings is 1. The minimum absolute atomic E-state index is 0.151. The molecule has 4 heterocycles. The molecule has 0 N–H and O–H groups in total. The minimum atomic E-state index is 0.151. The van der Waals surface area contributed by atoms with Crippen molar-refractivity contribution in [2.45, 2.75) is 13.5 Å². The van der Waals surface area contributed by atoms with E-state index in [4.69, 9.17) is 0 Å². The van der Waals surface area contributed by atoms with Crippen LogP contribution in [0.15, 0.2) is 49.3 Å². The third kappa shape index (κ3) is 3.30. The monoisotopic (exact) mass is 351 g/mol. The summed E-state index contributed by atoms with van der Waals surface area (Å²) >= 11 is 0. The summed E-state index contributed by atoms with van der Waals surface area (Å²) in [5, 5.41) is 0. The van der Waals surface area contributed by atoms with E-state index >= 15 is 0 Å². The molecule has 0 saturated carbocycles. The summed E-state index contributed by atoms with van der Waals surface area (Å²) in [5.41, 5.74) is 0. The Balaban J connectivity index is 1.40. The lowest BCUT2D eigenvalue weighted by atomic mass is 10.3. The van der Waals surface area contributed by atoms with Crippen LogP contribution < -0.4 is 4.90 Å². The van der Waals surface area contributed by atoms with Crippen molar-refractivity contribution in [3.05, 3.63) is 55.1 Å². The molecule has 0 spiro atoms. The summed E-state index contributed by atoms with van der Waals surface area (Å²) in [4.78, 5) is 29.5. The summed E-state index contributed by atoms with van der Waals surface area (Å²) < 4.78 is 3.83. The molecule has 1 fully saturated rings. The zero-order valence-electron chi connectivity index (χ0n) is 14.7. The fraction of sp³-hybridized carbons (Fsp3) is 0.333. The molecule has 1 aliphatic heterocycles. The van der Waals surface area contributed by atoms with Crippen LogP contribution in [-0.4, -0.2) is 61.1 Å². The Hall–Kier alpha value is -3.16. The van der Waals surface area contributed by atoms with Crippen LogP contribution in [0.2, 0.25) is 0 Å². The second kappa shape index (κ2) is 6.99. The van der Waals surface area contributed by atoms with E-state index in [1.807, 2.05) is 57.7 Å². The van der Waals surface area contributed by atoms with E-state index in [0.29, 0.717) is 19.6 Å². The summed E-state index contributed by atoms with van der Waals surface area (Å²) in [7, 11) is 0. The number of carbonyl (C=O) groups excluding carboxylic acids is 1. The molecule has 134 valence electrons. The molecule has 0 aromatic carbocycles. The summed E-state index contributed by atoms with van der Waals surface area (Å²) in [6.07, 6.45) is 9.04. The molecular formula is C18H21N7O. The maximum Gasteiger partial charge on any atom is 0.242 e. The first-order valence-corrected chi connectivity index (χ1v) is 8.66. The van der Waals surface area contributed by atoms with Gasteiger partial charge in [0.15, 0.2) is 0 Å². The molecule has 0 aliphatic carbocycles. The van der Waals surface area contributed by atoms with Gasteiger partial charge in [-0.2, -0.15) is 0 Å². The minimum Gasteiger partial charge on any atom is -0.353 e. The van der Waals surface area contributed by atoms with Gasteiger partial charge < -0.3 is 14.4 Å². The van der Waals surface area contributed by atoms with Crippen molar-refractivity contribution in [1.29, 1.82) is 0 Å². The van der Waals surface area contributed by atoms with Crippen LogP contribution in [0, 0.1) is 6.92 Å². The SMILES string of the molecule is Cc1nccn1-c1cc(N2CCN(C(=O)Cn3cccc3)CC2)ncn1. The Morgan fingerprint density at radius 2 is 1.73 bits per heavy atom. The quantitative estimate of drug-likeness (QED) is 0.704. The largest absolute Gasteiger partial charge is 0.353 e. The molecule has 0 atom stereocenters. The second-order valence-corrected chi connectivity index (χ2v) is 6.30. The Morgan fingerprint density at radius 1 is 1.00 bits per heavy atom. The van der Waals surface area contributed by atoms with Gasteiger partial charge in [-0.05, 0) is 19.1 Å². The first-order chi connectivity index (χ1) is 12.7. The molecule has 0 bridgehead atoms. The third-order valence-corrected chi connectivity index (χ3v) is 4.65. The van der Waals surface area contributed by atoms with Crippen molar-refractivity contribution in [3.63, 3.8) is 0 Å². The highest BCUT2D eigenvalue weighted by Gasteiger charge is 2.22. The number of amides is 1. The lowest BCUT2D eigenvalue weighted by Gasteiger charge is -2.35. The van der Waals surface area contributed by atoms with Crippen molar-refractivity contribution >= 4 is 11.7 Å². The standard InChI is InChI=1S/C18H21N7O/c1-15-19-4-7-25(15)17-12-16(20-14-21-17)23-8-10-24(11-9-23)18(26)13-22-5-2-3-6-22/h2-7,12,14H,8-11,13H2,1H3. The van der Waals surface area contributed by atoms with Gasteiger partial charge in [0.25, 0.3) is 0 Å². The van der Waals surface area contributed by atoms with Crippen LogP contribution >= 0.6 is 0 Å². The Morgan fingerprint density at radius 3 is 2.42 bits per heavy atom. The number of anilines is 1. The van der Waals surface area contributed by atoms with Gasteiger partial charge in [0.2, 0.25) is 5.91 Å². The van der Waals surface area contributed by atoms with Gasteiger partial charge in [-0.15, -0.1) is 0 Å². The fourth-order valence-electron chi connectivity index (χ4n) is 3.18. The summed E-state index contributed by atoms with van der Waals surface area (Å²) in [6.45, 7) is 5.25. The van der Waals surface area contributed by atoms with Crippen LogP contribution in [-0.2, 0) is 11.3 Å². The van der Waals surface area contributed by atoms with Crippen LogP contribution in [0.1, 0.15) is 5.82 Å². The number of imidazole rings is 1. The van der Waals surface area contributed by atoms with Gasteiger partial charge in [-0.25, -0.2) is 15.0 Å². The third-order valence-electron chi connectivity index (χ3n) is 4.65. The van der Waals surface area contributed by atoms with Crippen LogP contribution in [0.3, 0.4) is 0 Å². The van der Waals surface area contributed by atoms with E-state index in [9.17, 15) is 4.79 Å². The fourth-order valence-corrected chi connectivity index (χ4v) is 3.18. The molecule has 1 amide bonds. The zero-order chi connectivity index (χ0) is 17.9. The second-order valence-electron chi connectivity index (χ2n) is 6.30. The van der Waals surface area contributed by atoms with Crippen molar-refractivity contribution < 1.29 is 4.79 Å². The maximum absolute atomic E-state index is 12.4. The first-order valence-electron chi connectivity index (χ1n) is 8.66. The molecule has 26 heavy (non-hydrogen) atoms. The van der Waals surface area contributed by atoms with E-state index in [0.717, 1.165) is 30.5 Å². The highest BCUT2D eigenvalue weighted by molar-refractivity contribution is 5.76. The van der Waals surface area contributed by atoms with E-state index in [1.165, 1.54) is 0 Å². The zero-order valence-corrected chi connectivity index (χ0v) is 14.7. The van der Waals surface area contributed by atoms with E-state index in [1.54, 1.807) is 12.5 Å². The number of rotatable bonds is 4. The van der Waals surface area contributed by atoms with Gasteiger partial charge in [0, 0.05) is 57.0 Å². The van der Waals surface area contributed by atoms with E-state index in [2.05, 4.69) is 19.9 Å². The highest BCUT2D eigenvalue weighted by Crippen LogP contribution is 2.17. The Labute approximate surface area is 151 Å². The number of hydrogen-bond acceptors (Lipinski definition) is 5. The van der Waals surface area contributed by atoms with Crippen molar-refractivity contribution in [2.75, 3.05) is 31.1 Å². The topological polar surface area (TPSA) is 72.1 Å². The van der Waals surface area contributed by atoms with Crippen molar-refractivity contribution in [3.8, 4) is 5.82 Å². The Kier molecular flexibility index (Phi) is 4.39. The van der Waals surface area contributed by atoms with Gasteiger partial charge >= 0.3 is 0 Å². The van der Waals surface area contributed by atoms with Gasteiger partial charge in [0.1, 0.15) is 30.3 Å². The van der Waals surface area contributed by atoms with Crippen LogP contribution in [0.4, 0.5) is 5.82 Å². The maximum atomic E-state index is 12.4. The van der Waals surface area contributed by atoms with Gasteiger partial charge in [0.05, 0.1) is 0 Å². The number of hydrogen-bond donors (Lipinski definition) is 0. The predicted molar refractivity (Wildman–Crippen MR) is 97.1 cm³/mol. The van der Waals surface area contributed by atoms with Gasteiger partial charge in [-0.3, -0.25) is 9.36 Å². The smallest absolute Gasteiger partial charge is 0.242 e. The number of aryl methyl sites for hydroxylation is 1. The molecule has 3 aromatic heterocycles. The molecule has 3 aromatic rings. The average molecular weight is 351 g/mol. The molecule has 4 rings (SSSR count). The molecule has 0 radical (unpaired) electrons. The van der Waals surface area contributed by atoms with E-state index in [-0.39, 0.29) is 5.91 Å². The number of carbonyl (C=O) groups is 1. The summed E-state index contributed by atoms with van der Waals surface area (Å²) in [6, 6.07) is 5.83. The van der Waals surface area contributed by atoms with Crippen LogP contribution in [0.5, 0.6) is 0 Å². The van der Waals surface area contributed by atoms with Crippen LogP contribution in [0.25, 0.3) is 5.82 Å². The van der Waals surface area contributed by atoms with E-state index < -0.39 is 0 Å². The molecule has 1 aliphatic rings. The molecule has 0 unspecified atom stereocenters. The molecule has 8 nitrogen and oxygen atoms in total. The molecule has 1 saturated heterocycles. The normalized spacial score (nSPS) is 14.7. The number of aromatic nitrogens is 5. The Bertz CT molecular complexity index is 879. The first kappa shape index (κ1) is 16.3. The lowest BCUT2D eigenvalue weighted by molar-refractivity contribution is -0.132. The predicted octanol–water partition coefficient (Wildman–Crippen LogP) is 1.12. The average Bonchev–Trinajstić information content (AvgIpc) is 3.33. The lowest BCUT2D eigenvalue weighted by Crippen LogP contribution is -2.49. The highest BCUT2D eigenvalue weighted by atomic mass is 16.2. The summed E-state index contributed by atoms with van der Waals surface area (Å²) in [5.74, 6) is 2.71. The molecular weight excluding hydrogens is 330 g/mol. The molecule has 8 heteroatoms. The van der Waals surface area contributed by atoms with Crippen molar-refractivity contribution in [2.24, 2.45) is 0 Å². The van der Waals surface area contributed by atoms with Gasteiger partial charge in [-0.1, -0.05) is 0 Å². The van der Waals surface area contributed by atoms with Crippen molar-refractivity contribution in [1.82, 2.24) is 29.0 Å². The number of nitrogens with zero attached hydrogens (tertiary/aromatic N) is 7.